The Balaban J connectivity index is 1.90. The lowest BCUT2D eigenvalue weighted by Gasteiger charge is -2.28. The molecule has 0 fully saturated rings. The Bertz CT molecular complexity index is 523. The molecule has 0 saturated heterocycles. The molecule has 3 heteroatoms. The maximum atomic E-state index is 4.43. The standard InChI is InChI=1S/C17H25N3/c1-14(17(2,3)4)18-10-16-11-19-20(13-16)12-15-8-6-5-7-9-15/h5-9,11,13-14,18H,10,12H2,1-4H3. The van der Waals surface area contributed by atoms with Crippen molar-refractivity contribution in [2.45, 2.75) is 46.8 Å². The molecule has 0 saturated carbocycles. The van der Waals surface area contributed by atoms with Gasteiger partial charge in [-0.05, 0) is 17.9 Å². The average Bonchev–Trinajstić information content (AvgIpc) is 2.83. The zero-order valence-corrected chi connectivity index (χ0v) is 12.9. The van der Waals surface area contributed by atoms with Crippen LogP contribution in [-0.2, 0) is 13.1 Å². The van der Waals surface area contributed by atoms with E-state index in [9.17, 15) is 0 Å². The van der Waals surface area contributed by atoms with E-state index in [1.807, 2.05) is 16.9 Å². The van der Waals surface area contributed by atoms with Crippen molar-refractivity contribution in [3.63, 3.8) is 0 Å². The van der Waals surface area contributed by atoms with Gasteiger partial charge in [0.15, 0.2) is 0 Å². The molecular formula is C17H25N3. The molecule has 2 rings (SSSR count). The van der Waals surface area contributed by atoms with Crippen LogP contribution in [0, 0.1) is 5.41 Å². The quantitative estimate of drug-likeness (QED) is 0.902. The number of nitrogens with zero attached hydrogens (tertiary/aromatic N) is 2. The SMILES string of the molecule is CC(NCc1cnn(Cc2ccccc2)c1)C(C)(C)C. The highest BCUT2D eigenvalue weighted by molar-refractivity contribution is 5.15. The Morgan fingerprint density at radius 1 is 1.15 bits per heavy atom. The van der Waals surface area contributed by atoms with Crippen molar-refractivity contribution in [2.75, 3.05) is 0 Å². The van der Waals surface area contributed by atoms with Crippen molar-refractivity contribution in [2.24, 2.45) is 5.41 Å². The number of hydrogen-bond donors (Lipinski definition) is 1. The van der Waals surface area contributed by atoms with Crippen LogP contribution in [-0.4, -0.2) is 15.8 Å². The predicted molar refractivity (Wildman–Crippen MR) is 83.5 cm³/mol. The summed E-state index contributed by atoms with van der Waals surface area (Å²) in [6.45, 7) is 10.7. The summed E-state index contributed by atoms with van der Waals surface area (Å²) in [5, 5.41) is 7.99. The summed E-state index contributed by atoms with van der Waals surface area (Å²) in [6.07, 6.45) is 4.07. The first-order valence-electron chi connectivity index (χ1n) is 7.24. The summed E-state index contributed by atoms with van der Waals surface area (Å²) in [4.78, 5) is 0. The smallest absolute Gasteiger partial charge is 0.0659 e. The normalized spacial score (nSPS) is 13.4. The molecule has 1 heterocycles. The molecule has 0 bridgehead atoms. The summed E-state index contributed by atoms with van der Waals surface area (Å²) >= 11 is 0. The van der Waals surface area contributed by atoms with Gasteiger partial charge in [-0.2, -0.15) is 5.10 Å². The summed E-state index contributed by atoms with van der Waals surface area (Å²) in [5.41, 5.74) is 2.79. The van der Waals surface area contributed by atoms with Gasteiger partial charge in [0, 0.05) is 24.3 Å². The Hall–Kier alpha value is -1.61. The fourth-order valence-corrected chi connectivity index (χ4v) is 1.93. The van der Waals surface area contributed by atoms with Crippen LogP contribution < -0.4 is 5.32 Å². The predicted octanol–water partition coefficient (Wildman–Crippen LogP) is 3.46. The molecule has 0 aliphatic rings. The Morgan fingerprint density at radius 2 is 1.85 bits per heavy atom. The first-order valence-corrected chi connectivity index (χ1v) is 7.24. The van der Waals surface area contributed by atoms with Crippen molar-refractivity contribution in [1.29, 1.82) is 0 Å². The fourth-order valence-electron chi connectivity index (χ4n) is 1.93. The van der Waals surface area contributed by atoms with Gasteiger partial charge in [-0.1, -0.05) is 51.1 Å². The average molecular weight is 271 g/mol. The second kappa shape index (κ2) is 6.23. The maximum absolute atomic E-state index is 4.43. The summed E-state index contributed by atoms with van der Waals surface area (Å²) in [7, 11) is 0. The highest BCUT2D eigenvalue weighted by atomic mass is 15.3. The molecule has 108 valence electrons. The topological polar surface area (TPSA) is 29.9 Å². The fraction of sp³-hybridized carbons (Fsp3) is 0.471. The van der Waals surface area contributed by atoms with Gasteiger partial charge in [0.2, 0.25) is 0 Å². The lowest BCUT2D eigenvalue weighted by molar-refractivity contribution is 0.285. The van der Waals surface area contributed by atoms with Gasteiger partial charge in [-0.25, -0.2) is 0 Å². The lowest BCUT2D eigenvalue weighted by atomic mass is 9.88. The molecule has 0 amide bonds. The third-order valence-electron chi connectivity index (χ3n) is 3.79. The highest BCUT2D eigenvalue weighted by Gasteiger charge is 2.19. The molecule has 0 aliphatic carbocycles. The van der Waals surface area contributed by atoms with Gasteiger partial charge in [0.25, 0.3) is 0 Å². The van der Waals surface area contributed by atoms with Gasteiger partial charge in [-0.3, -0.25) is 4.68 Å². The minimum absolute atomic E-state index is 0.278. The number of rotatable bonds is 5. The van der Waals surface area contributed by atoms with Gasteiger partial charge >= 0.3 is 0 Å². The van der Waals surface area contributed by atoms with E-state index in [1.165, 1.54) is 11.1 Å². The third-order valence-corrected chi connectivity index (χ3v) is 3.79. The van der Waals surface area contributed by atoms with E-state index >= 15 is 0 Å². The minimum Gasteiger partial charge on any atom is -0.310 e. The van der Waals surface area contributed by atoms with E-state index in [0.717, 1.165) is 13.1 Å². The Morgan fingerprint density at radius 3 is 2.50 bits per heavy atom. The third kappa shape index (κ3) is 4.20. The second-order valence-electron chi connectivity index (χ2n) is 6.50. The number of aromatic nitrogens is 2. The van der Waals surface area contributed by atoms with E-state index in [1.54, 1.807) is 0 Å². The molecular weight excluding hydrogens is 246 g/mol. The van der Waals surface area contributed by atoms with Crippen LogP contribution in [0.5, 0.6) is 0 Å². The molecule has 1 aromatic carbocycles. The molecule has 0 aliphatic heterocycles. The van der Waals surface area contributed by atoms with E-state index in [-0.39, 0.29) is 5.41 Å². The Labute approximate surface area is 122 Å². The first-order chi connectivity index (χ1) is 9.45. The lowest BCUT2D eigenvalue weighted by Crippen LogP contribution is -2.37. The van der Waals surface area contributed by atoms with Crippen LogP contribution in [0.15, 0.2) is 42.7 Å². The van der Waals surface area contributed by atoms with Crippen molar-refractivity contribution < 1.29 is 0 Å². The van der Waals surface area contributed by atoms with E-state index in [2.05, 4.69) is 68.6 Å². The van der Waals surface area contributed by atoms with Gasteiger partial charge < -0.3 is 5.32 Å². The van der Waals surface area contributed by atoms with E-state index < -0.39 is 0 Å². The van der Waals surface area contributed by atoms with E-state index in [0.29, 0.717) is 6.04 Å². The molecule has 0 radical (unpaired) electrons. The van der Waals surface area contributed by atoms with Crippen LogP contribution in [0.2, 0.25) is 0 Å². The van der Waals surface area contributed by atoms with Gasteiger partial charge in [0.05, 0.1) is 12.7 Å². The van der Waals surface area contributed by atoms with Crippen molar-refractivity contribution in [1.82, 2.24) is 15.1 Å². The zero-order valence-electron chi connectivity index (χ0n) is 12.9. The highest BCUT2D eigenvalue weighted by Crippen LogP contribution is 2.18. The summed E-state index contributed by atoms with van der Waals surface area (Å²) in [6, 6.07) is 10.9. The Kier molecular flexibility index (Phi) is 4.61. The first kappa shape index (κ1) is 14.8. The van der Waals surface area contributed by atoms with Gasteiger partial charge in [-0.15, -0.1) is 0 Å². The molecule has 1 atom stereocenters. The maximum Gasteiger partial charge on any atom is 0.0659 e. The zero-order chi connectivity index (χ0) is 14.6. The van der Waals surface area contributed by atoms with Crippen LogP contribution >= 0.6 is 0 Å². The second-order valence-corrected chi connectivity index (χ2v) is 6.50. The number of benzene rings is 1. The molecule has 1 unspecified atom stereocenters. The van der Waals surface area contributed by atoms with Crippen LogP contribution in [0.25, 0.3) is 0 Å². The number of hydrogen-bond acceptors (Lipinski definition) is 2. The van der Waals surface area contributed by atoms with Crippen LogP contribution in [0.1, 0.15) is 38.8 Å². The van der Waals surface area contributed by atoms with Crippen molar-refractivity contribution in [3.05, 3.63) is 53.9 Å². The largest absolute Gasteiger partial charge is 0.310 e. The molecule has 20 heavy (non-hydrogen) atoms. The minimum atomic E-state index is 0.278. The molecule has 2 aromatic rings. The number of nitrogens with one attached hydrogen (secondary N) is 1. The monoisotopic (exact) mass is 271 g/mol. The van der Waals surface area contributed by atoms with Crippen LogP contribution in [0.4, 0.5) is 0 Å². The molecule has 1 aromatic heterocycles. The van der Waals surface area contributed by atoms with Crippen molar-refractivity contribution in [3.8, 4) is 0 Å². The summed E-state index contributed by atoms with van der Waals surface area (Å²) in [5.74, 6) is 0. The van der Waals surface area contributed by atoms with Crippen LogP contribution in [0.3, 0.4) is 0 Å². The summed E-state index contributed by atoms with van der Waals surface area (Å²) < 4.78 is 1.99. The van der Waals surface area contributed by atoms with Gasteiger partial charge in [0.1, 0.15) is 0 Å². The van der Waals surface area contributed by atoms with E-state index in [4.69, 9.17) is 0 Å². The molecule has 0 spiro atoms. The molecule has 1 N–H and O–H groups in total. The van der Waals surface area contributed by atoms with Crippen molar-refractivity contribution >= 4 is 0 Å². The molecule has 3 nitrogen and oxygen atoms in total.